The van der Waals surface area contributed by atoms with Crippen molar-refractivity contribution in [3.63, 3.8) is 0 Å². The van der Waals surface area contributed by atoms with E-state index >= 15 is 0 Å². The molecule has 0 atom stereocenters. The molecule has 1 aliphatic heterocycles. The monoisotopic (exact) mass is 402 g/mol. The largest absolute Gasteiger partial charge is 0.459 e. The van der Waals surface area contributed by atoms with Gasteiger partial charge in [0, 0.05) is 44.3 Å². The van der Waals surface area contributed by atoms with Crippen LogP contribution in [-0.2, 0) is 6.42 Å². The number of carbonyl (C=O) groups excluding carboxylic acids is 1. The van der Waals surface area contributed by atoms with Gasteiger partial charge in [0.2, 0.25) is 0 Å². The lowest BCUT2D eigenvalue weighted by Gasteiger charge is -2.36. The quantitative estimate of drug-likeness (QED) is 0.457. The van der Waals surface area contributed by atoms with Crippen LogP contribution in [0, 0.1) is 0 Å². The molecule has 1 amide bonds. The Kier molecular flexibility index (Phi) is 7.37. The molecule has 0 spiro atoms. The van der Waals surface area contributed by atoms with Gasteiger partial charge in [-0.25, -0.2) is 0 Å². The molecular weight excluding hydrogens is 376 g/mol. The van der Waals surface area contributed by atoms with Gasteiger partial charge in [0.1, 0.15) is 0 Å². The molecule has 0 bridgehead atoms. The fourth-order valence-electron chi connectivity index (χ4n) is 3.22. The summed E-state index contributed by atoms with van der Waals surface area (Å²) in [5.74, 6) is 1.27. The van der Waals surface area contributed by atoms with E-state index in [1.165, 1.54) is 11.8 Å². The van der Waals surface area contributed by atoms with E-state index in [0.29, 0.717) is 18.8 Å². The van der Waals surface area contributed by atoms with E-state index in [0.717, 1.165) is 50.0 Å². The first-order valence-corrected chi connectivity index (χ1v) is 10.2. The number of aryl methyl sites for hydroxylation is 1. The molecule has 1 aromatic carbocycles. The highest BCUT2D eigenvalue weighted by Gasteiger charge is 2.25. The SMILES string of the molecule is CCNC(=NCCCc1ccc(Cl)cc1)N1CCN(C(=O)c2ccco2)CC1. The Morgan fingerprint density at radius 1 is 1.14 bits per heavy atom. The minimum Gasteiger partial charge on any atom is -0.459 e. The van der Waals surface area contributed by atoms with Crippen molar-refractivity contribution < 1.29 is 9.21 Å². The molecule has 0 aliphatic carbocycles. The van der Waals surface area contributed by atoms with Crippen molar-refractivity contribution >= 4 is 23.5 Å². The number of hydrogen-bond acceptors (Lipinski definition) is 3. The maximum absolute atomic E-state index is 12.4. The molecule has 3 rings (SSSR count). The number of rotatable bonds is 6. The molecule has 28 heavy (non-hydrogen) atoms. The van der Waals surface area contributed by atoms with Gasteiger partial charge in [0.15, 0.2) is 11.7 Å². The first kappa shape index (κ1) is 20.3. The molecular formula is C21H27ClN4O2. The Balaban J connectivity index is 1.49. The van der Waals surface area contributed by atoms with Gasteiger partial charge >= 0.3 is 0 Å². The zero-order chi connectivity index (χ0) is 19.8. The zero-order valence-corrected chi connectivity index (χ0v) is 17.0. The van der Waals surface area contributed by atoms with Crippen molar-refractivity contribution in [1.29, 1.82) is 0 Å². The van der Waals surface area contributed by atoms with E-state index in [9.17, 15) is 4.79 Å². The van der Waals surface area contributed by atoms with Crippen LogP contribution >= 0.6 is 11.6 Å². The maximum atomic E-state index is 12.4. The van der Waals surface area contributed by atoms with Gasteiger partial charge < -0.3 is 19.5 Å². The number of furan rings is 1. The number of halogens is 1. The minimum absolute atomic E-state index is 0.0467. The summed E-state index contributed by atoms with van der Waals surface area (Å²) in [5, 5.41) is 4.13. The number of hydrogen-bond donors (Lipinski definition) is 1. The first-order chi connectivity index (χ1) is 13.7. The van der Waals surface area contributed by atoms with Crippen LogP contribution in [0.2, 0.25) is 5.02 Å². The highest BCUT2D eigenvalue weighted by Crippen LogP contribution is 2.12. The average Bonchev–Trinajstić information content (AvgIpc) is 3.26. The Labute approximate surface area is 171 Å². The standard InChI is InChI=1S/C21H27ClN4O2/c1-2-23-21(24-11-3-5-17-7-9-18(22)10-8-17)26-14-12-25(13-15-26)20(27)19-6-4-16-28-19/h4,6-10,16H,2-3,5,11-15H2,1H3,(H,23,24). The van der Waals surface area contributed by atoms with Gasteiger partial charge in [-0.3, -0.25) is 9.79 Å². The molecule has 1 fully saturated rings. The molecule has 0 unspecified atom stereocenters. The molecule has 6 nitrogen and oxygen atoms in total. The van der Waals surface area contributed by atoms with E-state index in [1.54, 1.807) is 12.1 Å². The van der Waals surface area contributed by atoms with Gasteiger partial charge in [-0.1, -0.05) is 23.7 Å². The second kappa shape index (κ2) is 10.2. The Hall–Kier alpha value is -2.47. The minimum atomic E-state index is -0.0467. The summed E-state index contributed by atoms with van der Waals surface area (Å²) in [7, 11) is 0. The maximum Gasteiger partial charge on any atom is 0.289 e. The lowest BCUT2D eigenvalue weighted by molar-refractivity contribution is 0.0657. The molecule has 1 aromatic heterocycles. The molecule has 1 N–H and O–H groups in total. The smallest absolute Gasteiger partial charge is 0.289 e. The van der Waals surface area contributed by atoms with Crippen molar-refractivity contribution in [2.75, 3.05) is 39.3 Å². The molecule has 0 radical (unpaired) electrons. The second-order valence-corrected chi connectivity index (χ2v) is 7.16. The van der Waals surface area contributed by atoms with Crippen LogP contribution in [0.3, 0.4) is 0 Å². The molecule has 2 heterocycles. The number of nitrogens with one attached hydrogen (secondary N) is 1. The Morgan fingerprint density at radius 3 is 2.50 bits per heavy atom. The third-order valence-electron chi connectivity index (χ3n) is 4.73. The molecule has 150 valence electrons. The van der Waals surface area contributed by atoms with Gasteiger partial charge in [-0.05, 0) is 49.6 Å². The molecule has 0 saturated carbocycles. The van der Waals surface area contributed by atoms with Crippen molar-refractivity contribution in [3.05, 3.63) is 59.0 Å². The molecule has 1 saturated heterocycles. The Morgan fingerprint density at radius 2 is 1.86 bits per heavy atom. The summed E-state index contributed by atoms with van der Waals surface area (Å²) in [5.41, 5.74) is 1.27. The van der Waals surface area contributed by atoms with Crippen LogP contribution in [0.25, 0.3) is 0 Å². The second-order valence-electron chi connectivity index (χ2n) is 6.72. The number of amides is 1. The van der Waals surface area contributed by atoms with Gasteiger partial charge in [-0.2, -0.15) is 0 Å². The fourth-order valence-corrected chi connectivity index (χ4v) is 3.35. The highest BCUT2D eigenvalue weighted by molar-refractivity contribution is 6.30. The predicted molar refractivity (Wildman–Crippen MR) is 112 cm³/mol. The Bertz CT molecular complexity index is 766. The number of guanidine groups is 1. The van der Waals surface area contributed by atoms with E-state index in [1.807, 2.05) is 17.0 Å². The van der Waals surface area contributed by atoms with E-state index in [-0.39, 0.29) is 5.91 Å². The van der Waals surface area contributed by atoms with Crippen molar-refractivity contribution in [1.82, 2.24) is 15.1 Å². The van der Waals surface area contributed by atoms with Crippen molar-refractivity contribution in [3.8, 4) is 0 Å². The molecule has 1 aliphatic rings. The van der Waals surface area contributed by atoms with Gasteiger partial charge in [-0.15, -0.1) is 0 Å². The number of piperazine rings is 1. The lowest BCUT2D eigenvalue weighted by Crippen LogP contribution is -2.53. The van der Waals surface area contributed by atoms with Crippen LogP contribution in [0.1, 0.15) is 29.5 Å². The van der Waals surface area contributed by atoms with Gasteiger partial charge in [0.25, 0.3) is 5.91 Å². The van der Waals surface area contributed by atoms with Crippen molar-refractivity contribution in [2.24, 2.45) is 4.99 Å². The van der Waals surface area contributed by atoms with E-state index < -0.39 is 0 Å². The fraction of sp³-hybridized carbons (Fsp3) is 0.429. The van der Waals surface area contributed by atoms with Crippen LogP contribution in [0.15, 0.2) is 52.1 Å². The summed E-state index contributed by atoms with van der Waals surface area (Å²) >= 11 is 5.93. The van der Waals surface area contributed by atoms with E-state index in [2.05, 4.69) is 29.3 Å². The average molecular weight is 403 g/mol. The summed E-state index contributed by atoms with van der Waals surface area (Å²) < 4.78 is 5.22. The number of aliphatic imine (C=N–C) groups is 1. The summed E-state index contributed by atoms with van der Waals surface area (Å²) in [6, 6.07) is 11.4. The van der Waals surface area contributed by atoms with Crippen LogP contribution in [0.5, 0.6) is 0 Å². The third kappa shape index (κ3) is 5.52. The number of carbonyl (C=O) groups is 1. The van der Waals surface area contributed by atoms with Crippen LogP contribution in [-0.4, -0.2) is 60.9 Å². The molecule has 2 aromatic rings. The van der Waals surface area contributed by atoms with Crippen molar-refractivity contribution in [2.45, 2.75) is 19.8 Å². The number of nitrogens with zero attached hydrogens (tertiary/aromatic N) is 3. The normalized spacial score (nSPS) is 15.0. The topological polar surface area (TPSA) is 61.1 Å². The van der Waals surface area contributed by atoms with Gasteiger partial charge in [0.05, 0.1) is 6.26 Å². The lowest BCUT2D eigenvalue weighted by atomic mass is 10.1. The van der Waals surface area contributed by atoms with Crippen LogP contribution < -0.4 is 5.32 Å². The van der Waals surface area contributed by atoms with E-state index in [4.69, 9.17) is 21.0 Å². The zero-order valence-electron chi connectivity index (χ0n) is 16.2. The predicted octanol–water partition coefficient (Wildman–Crippen LogP) is 3.29. The first-order valence-electron chi connectivity index (χ1n) is 9.78. The highest BCUT2D eigenvalue weighted by atomic mass is 35.5. The number of benzene rings is 1. The molecule has 7 heteroatoms. The van der Waals surface area contributed by atoms with Crippen LogP contribution in [0.4, 0.5) is 0 Å². The summed E-state index contributed by atoms with van der Waals surface area (Å²) in [4.78, 5) is 21.2. The summed E-state index contributed by atoms with van der Waals surface area (Å²) in [6.45, 7) is 6.49. The third-order valence-corrected chi connectivity index (χ3v) is 4.98. The summed E-state index contributed by atoms with van der Waals surface area (Å²) in [6.07, 6.45) is 3.49.